The van der Waals surface area contributed by atoms with Crippen molar-refractivity contribution in [3.63, 3.8) is 0 Å². The summed E-state index contributed by atoms with van der Waals surface area (Å²) in [4.78, 5) is 0. The molecule has 0 aliphatic heterocycles. The Balaban J connectivity index is 1.87. The minimum Gasteiger partial charge on any atom is -0.493 e. The van der Waals surface area contributed by atoms with E-state index in [1.54, 1.807) is 14.2 Å². The molecule has 2 rings (SSSR count). The summed E-state index contributed by atoms with van der Waals surface area (Å²) in [5.41, 5.74) is 1.09. The van der Waals surface area contributed by atoms with Crippen molar-refractivity contribution in [2.24, 2.45) is 0 Å². The quantitative estimate of drug-likeness (QED) is 0.783. The maximum atomic E-state index is 5.88. The first kappa shape index (κ1) is 16.0. The molecule has 0 aromatic heterocycles. The molecule has 0 saturated heterocycles. The Kier molecular flexibility index (Phi) is 6.18. The Morgan fingerprint density at radius 2 is 1.67 bits per heavy atom. The maximum Gasteiger partial charge on any atom is 0.203 e. The largest absolute Gasteiger partial charge is 0.493 e. The standard InChI is InChI=1S/C17H27NO3/c1-13-11-15(19-2)17(16(12-13)20-3)21-10-9-18-14-7-5-4-6-8-14/h11-12,14,18H,4-10H2,1-3H3. The molecule has 1 N–H and O–H groups in total. The van der Waals surface area contributed by atoms with Gasteiger partial charge >= 0.3 is 0 Å². The number of methoxy groups -OCH3 is 2. The lowest BCUT2D eigenvalue weighted by Crippen LogP contribution is -2.34. The van der Waals surface area contributed by atoms with Crippen LogP contribution in [0.25, 0.3) is 0 Å². The zero-order valence-corrected chi connectivity index (χ0v) is 13.4. The van der Waals surface area contributed by atoms with E-state index in [1.807, 2.05) is 19.1 Å². The van der Waals surface area contributed by atoms with E-state index in [0.717, 1.165) is 23.6 Å². The Morgan fingerprint density at radius 1 is 1.05 bits per heavy atom. The number of nitrogens with one attached hydrogen (secondary N) is 1. The second-order valence-electron chi connectivity index (χ2n) is 5.64. The van der Waals surface area contributed by atoms with Crippen LogP contribution in [-0.2, 0) is 0 Å². The van der Waals surface area contributed by atoms with E-state index in [0.29, 0.717) is 18.4 Å². The second-order valence-corrected chi connectivity index (χ2v) is 5.64. The monoisotopic (exact) mass is 293 g/mol. The molecular formula is C17H27NO3. The van der Waals surface area contributed by atoms with Crippen molar-refractivity contribution in [2.45, 2.75) is 45.1 Å². The Morgan fingerprint density at radius 3 is 2.24 bits per heavy atom. The summed E-state index contributed by atoms with van der Waals surface area (Å²) in [6, 6.07) is 4.59. The number of hydrogen-bond acceptors (Lipinski definition) is 4. The van der Waals surface area contributed by atoms with Crippen LogP contribution in [0.3, 0.4) is 0 Å². The topological polar surface area (TPSA) is 39.7 Å². The molecule has 1 saturated carbocycles. The van der Waals surface area contributed by atoms with Gasteiger partial charge in [0.1, 0.15) is 6.61 Å². The summed E-state index contributed by atoms with van der Waals surface area (Å²) in [6.07, 6.45) is 6.65. The van der Waals surface area contributed by atoms with Crippen molar-refractivity contribution in [1.29, 1.82) is 0 Å². The first-order valence-corrected chi connectivity index (χ1v) is 7.83. The molecule has 21 heavy (non-hydrogen) atoms. The van der Waals surface area contributed by atoms with Crippen molar-refractivity contribution < 1.29 is 14.2 Å². The molecular weight excluding hydrogens is 266 g/mol. The molecule has 0 atom stereocenters. The smallest absolute Gasteiger partial charge is 0.203 e. The van der Waals surface area contributed by atoms with E-state index in [2.05, 4.69) is 5.32 Å². The van der Waals surface area contributed by atoms with Gasteiger partial charge in [-0.2, -0.15) is 0 Å². The molecule has 1 aliphatic carbocycles. The predicted molar refractivity (Wildman–Crippen MR) is 84.7 cm³/mol. The molecule has 118 valence electrons. The van der Waals surface area contributed by atoms with Gasteiger partial charge < -0.3 is 19.5 Å². The highest BCUT2D eigenvalue weighted by Gasteiger charge is 2.14. The summed E-state index contributed by atoms with van der Waals surface area (Å²) in [7, 11) is 3.31. The zero-order valence-electron chi connectivity index (χ0n) is 13.4. The Labute approximate surface area is 127 Å². The van der Waals surface area contributed by atoms with Gasteiger partial charge in [-0.25, -0.2) is 0 Å². The van der Waals surface area contributed by atoms with Crippen molar-refractivity contribution in [3.05, 3.63) is 17.7 Å². The fourth-order valence-electron chi connectivity index (χ4n) is 2.88. The van der Waals surface area contributed by atoms with Gasteiger partial charge in [0.25, 0.3) is 0 Å². The molecule has 0 bridgehead atoms. The lowest BCUT2D eigenvalue weighted by Gasteiger charge is -2.23. The van der Waals surface area contributed by atoms with Gasteiger partial charge in [-0.05, 0) is 37.5 Å². The van der Waals surface area contributed by atoms with E-state index >= 15 is 0 Å². The Hall–Kier alpha value is -1.42. The molecule has 1 fully saturated rings. The predicted octanol–water partition coefficient (Wildman–Crippen LogP) is 3.31. The van der Waals surface area contributed by atoms with Gasteiger partial charge in [-0.3, -0.25) is 0 Å². The molecule has 1 aromatic carbocycles. The number of ether oxygens (including phenoxy) is 3. The molecule has 0 spiro atoms. The third kappa shape index (κ3) is 4.53. The lowest BCUT2D eigenvalue weighted by atomic mass is 9.96. The second kappa shape index (κ2) is 8.13. The number of aryl methyl sites for hydroxylation is 1. The molecule has 0 unspecified atom stereocenters. The third-order valence-electron chi connectivity index (χ3n) is 3.99. The highest BCUT2D eigenvalue weighted by Crippen LogP contribution is 2.38. The van der Waals surface area contributed by atoms with Crippen molar-refractivity contribution in [2.75, 3.05) is 27.4 Å². The van der Waals surface area contributed by atoms with Crippen LogP contribution in [-0.4, -0.2) is 33.4 Å². The highest BCUT2D eigenvalue weighted by atomic mass is 16.5. The van der Waals surface area contributed by atoms with Gasteiger partial charge in [0, 0.05) is 12.6 Å². The van der Waals surface area contributed by atoms with Crippen LogP contribution in [0.2, 0.25) is 0 Å². The summed E-state index contributed by atoms with van der Waals surface area (Å²) in [6.45, 7) is 3.48. The van der Waals surface area contributed by atoms with E-state index in [-0.39, 0.29) is 0 Å². The third-order valence-corrected chi connectivity index (χ3v) is 3.99. The zero-order chi connectivity index (χ0) is 15.1. The van der Waals surface area contributed by atoms with Crippen LogP contribution >= 0.6 is 0 Å². The normalized spacial score (nSPS) is 15.8. The van der Waals surface area contributed by atoms with Crippen LogP contribution < -0.4 is 19.5 Å². The van der Waals surface area contributed by atoms with Gasteiger partial charge in [0.05, 0.1) is 14.2 Å². The number of hydrogen-bond donors (Lipinski definition) is 1. The Bertz CT molecular complexity index is 417. The van der Waals surface area contributed by atoms with Crippen LogP contribution in [0.5, 0.6) is 17.2 Å². The van der Waals surface area contributed by atoms with Crippen LogP contribution in [0, 0.1) is 6.92 Å². The fraction of sp³-hybridized carbons (Fsp3) is 0.647. The summed E-state index contributed by atoms with van der Waals surface area (Å²) in [5.74, 6) is 2.14. The minimum absolute atomic E-state index is 0.617. The van der Waals surface area contributed by atoms with Crippen LogP contribution in [0.4, 0.5) is 0 Å². The molecule has 1 aliphatic rings. The van der Waals surface area contributed by atoms with E-state index in [1.165, 1.54) is 32.1 Å². The van der Waals surface area contributed by atoms with E-state index < -0.39 is 0 Å². The fourth-order valence-corrected chi connectivity index (χ4v) is 2.88. The summed E-state index contributed by atoms with van der Waals surface area (Å²) in [5, 5.41) is 3.57. The van der Waals surface area contributed by atoms with Crippen molar-refractivity contribution in [1.82, 2.24) is 5.32 Å². The maximum absolute atomic E-state index is 5.88. The van der Waals surface area contributed by atoms with Gasteiger partial charge in [-0.1, -0.05) is 19.3 Å². The summed E-state index contributed by atoms with van der Waals surface area (Å²) < 4.78 is 16.7. The van der Waals surface area contributed by atoms with E-state index in [9.17, 15) is 0 Å². The minimum atomic E-state index is 0.617. The molecule has 1 aromatic rings. The van der Waals surface area contributed by atoms with Crippen LogP contribution in [0.15, 0.2) is 12.1 Å². The molecule has 0 heterocycles. The van der Waals surface area contributed by atoms with Gasteiger partial charge in [0.15, 0.2) is 11.5 Å². The van der Waals surface area contributed by atoms with Gasteiger partial charge in [0.2, 0.25) is 5.75 Å². The number of rotatable bonds is 7. The van der Waals surface area contributed by atoms with Crippen molar-refractivity contribution in [3.8, 4) is 17.2 Å². The molecule has 4 nitrogen and oxygen atoms in total. The van der Waals surface area contributed by atoms with E-state index in [4.69, 9.17) is 14.2 Å². The average Bonchev–Trinajstić information content (AvgIpc) is 2.52. The average molecular weight is 293 g/mol. The first-order chi connectivity index (χ1) is 10.2. The summed E-state index contributed by atoms with van der Waals surface area (Å²) >= 11 is 0. The molecule has 4 heteroatoms. The first-order valence-electron chi connectivity index (χ1n) is 7.83. The van der Waals surface area contributed by atoms with Gasteiger partial charge in [-0.15, -0.1) is 0 Å². The van der Waals surface area contributed by atoms with Crippen molar-refractivity contribution >= 4 is 0 Å². The number of benzene rings is 1. The highest BCUT2D eigenvalue weighted by molar-refractivity contribution is 5.53. The molecule has 0 amide bonds. The molecule has 0 radical (unpaired) electrons. The van der Waals surface area contributed by atoms with Crippen LogP contribution in [0.1, 0.15) is 37.7 Å². The lowest BCUT2D eigenvalue weighted by molar-refractivity contribution is 0.261. The SMILES string of the molecule is COc1cc(C)cc(OC)c1OCCNC1CCCCC1.